The molecule has 36 heavy (non-hydrogen) atoms. The predicted molar refractivity (Wildman–Crippen MR) is 135 cm³/mol. The van der Waals surface area contributed by atoms with Gasteiger partial charge in [0.05, 0.1) is 11.7 Å². The summed E-state index contributed by atoms with van der Waals surface area (Å²) in [5.41, 5.74) is 4.86. The molecule has 0 saturated heterocycles. The SMILES string of the molecule is Cc1cc(C)nc(-n2nc(C)cc2NC(=O)N2CC3(CCCC3)c3cc4c(cc3C2C)OCCO4)n1. The molecule has 1 fully saturated rings. The van der Waals surface area contributed by atoms with Gasteiger partial charge in [-0.15, -0.1) is 0 Å². The number of nitrogens with zero attached hydrogens (tertiary/aromatic N) is 5. The summed E-state index contributed by atoms with van der Waals surface area (Å²) in [6.07, 6.45) is 4.44. The van der Waals surface area contributed by atoms with Crippen LogP contribution in [0.2, 0.25) is 0 Å². The van der Waals surface area contributed by atoms with Crippen LogP contribution in [-0.4, -0.2) is 50.4 Å². The summed E-state index contributed by atoms with van der Waals surface area (Å²) in [7, 11) is 0. The van der Waals surface area contributed by atoms with Gasteiger partial charge in [-0.05, 0) is 69.9 Å². The van der Waals surface area contributed by atoms with E-state index in [0.717, 1.165) is 59.8 Å². The monoisotopic (exact) mass is 488 g/mol. The fourth-order valence-corrected chi connectivity index (χ4v) is 6.08. The summed E-state index contributed by atoms with van der Waals surface area (Å²) in [5, 5.41) is 7.68. The smallest absolute Gasteiger partial charge is 0.323 e. The lowest BCUT2D eigenvalue weighted by molar-refractivity contribution is 0.149. The van der Waals surface area contributed by atoms with Crippen molar-refractivity contribution < 1.29 is 14.3 Å². The van der Waals surface area contributed by atoms with Gasteiger partial charge < -0.3 is 14.4 Å². The van der Waals surface area contributed by atoms with E-state index in [2.05, 4.69) is 39.4 Å². The van der Waals surface area contributed by atoms with Crippen molar-refractivity contribution in [3.05, 3.63) is 52.5 Å². The number of aryl methyl sites for hydroxylation is 3. The van der Waals surface area contributed by atoms with E-state index in [1.807, 2.05) is 37.8 Å². The maximum Gasteiger partial charge on any atom is 0.323 e. The van der Waals surface area contributed by atoms with Crippen LogP contribution >= 0.6 is 0 Å². The van der Waals surface area contributed by atoms with Crippen molar-refractivity contribution in [2.75, 3.05) is 25.1 Å². The third-order valence-corrected chi connectivity index (χ3v) is 7.72. The quantitative estimate of drug-likeness (QED) is 0.558. The lowest BCUT2D eigenvalue weighted by Crippen LogP contribution is -2.50. The number of carbonyl (C=O) groups excluding carboxylic acids is 1. The Hall–Kier alpha value is -3.62. The highest BCUT2D eigenvalue weighted by molar-refractivity contribution is 5.89. The molecule has 1 aliphatic carbocycles. The van der Waals surface area contributed by atoms with Crippen molar-refractivity contribution in [3.8, 4) is 17.4 Å². The summed E-state index contributed by atoms with van der Waals surface area (Å²) in [4.78, 5) is 24.9. The van der Waals surface area contributed by atoms with Gasteiger partial charge in [-0.3, -0.25) is 5.32 Å². The van der Waals surface area contributed by atoms with E-state index in [0.29, 0.717) is 31.5 Å². The molecule has 1 N–H and O–H groups in total. The molecule has 1 aromatic carbocycles. The summed E-state index contributed by atoms with van der Waals surface area (Å²) < 4.78 is 13.4. The number of rotatable bonds is 2. The minimum absolute atomic E-state index is 0.0675. The van der Waals surface area contributed by atoms with E-state index < -0.39 is 0 Å². The second kappa shape index (κ2) is 8.50. The Balaban J connectivity index is 1.35. The summed E-state index contributed by atoms with van der Waals surface area (Å²) in [5.74, 6) is 2.60. The van der Waals surface area contributed by atoms with Gasteiger partial charge in [0.2, 0.25) is 0 Å². The molecule has 6 rings (SSSR count). The van der Waals surface area contributed by atoms with Crippen molar-refractivity contribution in [1.29, 1.82) is 0 Å². The molecular formula is C27H32N6O3. The first-order valence-electron chi connectivity index (χ1n) is 12.7. The van der Waals surface area contributed by atoms with Crippen LogP contribution in [-0.2, 0) is 5.41 Å². The molecule has 9 nitrogen and oxygen atoms in total. The Kier molecular flexibility index (Phi) is 5.39. The Morgan fingerprint density at radius 2 is 1.64 bits per heavy atom. The number of nitrogens with one attached hydrogen (secondary N) is 1. The van der Waals surface area contributed by atoms with E-state index in [1.165, 1.54) is 5.56 Å². The average molecular weight is 489 g/mol. The first kappa shape index (κ1) is 22.8. The molecule has 1 saturated carbocycles. The second-order valence-corrected chi connectivity index (χ2v) is 10.3. The van der Waals surface area contributed by atoms with Gasteiger partial charge in [0.15, 0.2) is 11.5 Å². The third kappa shape index (κ3) is 3.77. The molecule has 0 bridgehead atoms. The number of anilines is 1. The van der Waals surface area contributed by atoms with Gasteiger partial charge >= 0.3 is 6.03 Å². The van der Waals surface area contributed by atoms with Crippen molar-refractivity contribution >= 4 is 11.8 Å². The fourth-order valence-electron chi connectivity index (χ4n) is 6.08. The van der Waals surface area contributed by atoms with Crippen LogP contribution in [0.3, 0.4) is 0 Å². The van der Waals surface area contributed by atoms with Crippen molar-refractivity contribution in [3.63, 3.8) is 0 Å². The number of benzene rings is 1. The van der Waals surface area contributed by atoms with Crippen LogP contribution in [0.5, 0.6) is 11.5 Å². The molecule has 2 aromatic heterocycles. The van der Waals surface area contributed by atoms with E-state index >= 15 is 0 Å². The van der Waals surface area contributed by atoms with Gasteiger partial charge in [-0.1, -0.05) is 12.8 Å². The molecule has 1 unspecified atom stereocenters. The van der Waals surface area contributed by atoms with Gasteiger partial charge in [-0.25, -0.2) is 14.8 Å². The van der Waals surface area contributed by atoms with Gasteiger partial charge in [0, 0.05) is 29.4 Å². The molecule has 1 spiro atoms. The van der Waals surface area contributed by atoms with Crippen LogP contribution in [0.4, 0.5) is 10.6 Å². The first-order valence-corrected chi connectivity index (χ1v) is 12.7. The van der Waals surface area contributed by atoms with Crippen molar-refractivity contribution in [1.82, 2.24) is 24.6 Å². The molecule has 2 aliphatic heterocycles. The number of fused-ring (bicyclic) bond motifs is 3. The number of aromatic nitrogens is 4. The predicted octanol–water partition coefficient (Wildman–Crippen LogP) is 4.78. The van der Waals surface area contributed by atoms with E-state index in [-0.39, 0.29) is 17.5 Å². The zero-order chi connectivity index (χ0) is 25.0. The minimum atomic E-state index is -0.153. The van der Waals surface area contributed by atoms with E-state index in [1.54, 1.807) is 4.68 Å². The second-order valence-electron chi connectivity index (χ2n) is 10.3. The lowest BCUT2D eigenvalue weighted by Gasteiger charge is -2.46. The van der Waals surface area contributed by atoms with Crippen LogP contribution in [0, 0.1) is 20.8 Å². The number of urea groups is 1. The maximum atomic E-state index is 13.8. The molecular weight excluding hydrogens is 456 g/mol. The zero-order valence-corrected chi connectivity index (χ0v) is 21.3. The molecule has 3 aromatic rings. The van der Waals surface area contributed by atoms with Crippen LogP contribution in [0.1, 0.15) is 66.9 Å². The van der Waals surface area contributed by atoms with E-state index in [4.69, 9.17) is 9.47 Å². The highest BCUT2D eigenvalue weighted by Crippen LogP contribution is 2.52. The standard InChI is InChI=1S/C27H32N6O3/c1-16-11-17(2)29-25(28-16)33-24(12-18(3)31-33)30-26(34)32-15-27(7-5-6-8-27)21-14-23-22(35-9-10-36-23)13-20(21)19(32)4/h11-14,19H,5-10,15H2,1-4H3,(H,30,34). The van der Waals surface area contributed by atoms with Gasteiger partial charge in [0.25, 0.3) is 5.95 Å². The average Bonchev–Trinajstić information content (AvgIpc) is 3.47. The normalized spacial score (nSPS) is 19.9. The Bertz CT molecular complexity index is 1320. The largest absolute Gasteiger partial charge is 0.486 e. The Morgan fingerprint density at radius 1 is 0.972 bits per heavy atom. The molecule has 4 heterocycles. The van der Waals surface area contributed by atoms with Crippen molar-refractivity contribution in [2.45, 2.75) is 64.8 Å². The van der Waals surface area contributed by atoms with Crippen molar-refractivity contribution in [2.24, 2.45) is 0 Å². The minimum Gasteiger partial charge on any atom is -0.486 e. The topological polar surface area (TPSA) is 94.4 Å². The van der Waals surface area contributed by atoms with Crippen LogP contribution < -0.4 is 14.8 Å². The molecule has 3 aliphatic rings. The summed E-state index contributed by atoms with van der Waals surface area (Å²) in [6, 6.07) is 7.77. The molecule has 0 radical (unpaired) electrons. The summed E-state index contributed by atoms with van der Waals surface area (Å²) in [6.45, 7) is 9.61. The van der Waals surface area contributed by atoms with Crippen LogP contribution in [0.25, 0.3) is 5.95 Å². The van der Waals surface area contributed by atoms with Crippen LogP contribution in [0.15, 0.2) is 24.3 Å². The highest BCUT2D eigenvalue weighted by Gasteiger charge is 2.46. The number of amides is 2. The number of carbonyl (C=O) groups is 1. The molecule has 9 heteroatoms. The first-order chi connectivity index (χ1) is 17.3. The molecule has 188 valence electrons. The number of ether oxygens (including phenoxy) is 2. The number of hydrogen-bond acceptors (Lipinski definition) is 6. The van der Waals surface area contributed by atoms with Gasteiger partial charge in [-0.2, -0.15) is 9.78 Å². The number of hydrogen-bond donors (Lipinski definition) is 1. The zero-order valence-electron chi connectivity index (χ0n) is 21.3. The summed E-state index contributed by atoms with van der Waals surface area (Å²) >= 11 is 0. The molecule has 2 amide bonds. The Morgan fingerprint density at radius 3 is 2.33 bits per heavy atom. The highest BCUT2D eigenvalue weighted by atomic mass is 16.6. The van der Waals surface area contributed by atoms with E-state index in [9.17, 15) is 4.79 Å². The molecule has 1 atom stereocenters. The maximum absolute atomic E-state index is 13.8. The fraction of sp³-hybridized carbons (Fsp3) is 0.481. The van der Waals surface area contributed by atoms with Gasteiger partial charge in [0.1, 0.15) is 19.0 Å². The third-order valence-electron chi connectivity index (χ3n) is 7.72. The lowest BCUT2D eigenvalue weighted by atomic mass is 9.71. The Labute approximate surface area is 210 Å².